The number of nitrogens with one attached hydrogen (secondary N) is 1. The number of rotatable bonds is 5. The van der Waals surface area contributed by atoms with Crippen LogP contribution in [0.3, 0.4) is 0 Å². The average Bonchev–Trinajstić information content (AvgIpc) is 2.42. The molecule has 106 valence electrons. The Morgan fingerprint density at radius 2 is 1.95 bits per heavy atom. The topological polar surface area (TPSA) is 12.0 Å². The lowest BCUT2D eigenvalue weighted by Crippen LogP contribution is -2.23. The minimum atomic E-state index is -0.191. The van der Waals surface area contributed by atoms with Crippen molar-refractivity contribution in [1.82, 2.24) is 5.32 Å². The van der Waals surface area contributed by atoms with E-state index < -0.39 is 0 Å². The molecule has 0 saturated heterocycles. The fourth-order valence-electron chi connectivity index (χ4n) is 2.40. The van der Waals surface area contributed by atoms with Gasteiger partial charge in [0.25, 0.3) is 0 Å². The molecule has 2 aromatic rings. The second kappa shape index (κ2) is 6.87. The van der Waals surface area contributed by atoms with Crippen molar-refractivity contribution in [3.63, 3.8) is 0 Å². The first kappa shape index (κ1) is 15.0. The molecular formula is C17H19ClFN. The summed E-state index contributed by atoms with van der Waals surface area (Å²) in [5, 5.41) is 4.21. The van der Waals surface area contributed by atoms with Crippen molar-refractivity contribution >= 4 is 11.6 Å². The van der Waals surface area contributed by atoms with Crippen LogP contribution in [0.1, 0.15) is 29.7 Å². The van der Waals surface area contributed by atoms with Crippen LogP contribution in [-0.2, 0) is 6.42 Å². The molecule has 0 aliphatic heterocycles. The monoisotopic (exact) mass is 291 g/mol. The minimum absolute atomic E-state index is 0.137. The van der Waals surface area contributed by atoms with E-state index in [1.165, 1.54) is 6.07 Å². The van der Waals surface area contributed by atoms with Gasteiger partial charge in [0.15, 0.2) is 0 Å². The van der Waals surface area contributed by atoms with E-state index >= 15 is 0 Å². The van der Waals surface area contributed by atoms with Gasteiger partial charge >= 0.3 is 0 Å². The van der Waals surface area contributed by atoms with Crippen LogP contribution >= 0.6 is 11.6 Å². The highest BCUT2D eigenvalue weighted by atomic mass is 35.5. The summed E-state index contributed by atoms with van der Waals surface area (Å²) in [4.78, 5) is 0. The summed E-state index contributed by atoms with van der Waals surface area (Å²) in [5.74, 6) is -0.191. The Bertz CT molecular complexity index is 583. The molecule has 0 aliphatic carbocycles. The van der Waals surface area contributed by atoms with Crippen molar-refractivity contribution in [2.75, 3.05) is 6.54 Å². The highest BCUT2D eigenvalue weighted by Crippen LogP contribution is 2.26. The highest BCUT2D eigenvalue weighted by molar-refractivity contribution is 6.31. The summed E-state index contributed by atoms with van der Waals surface area (Å²) in [6, 6.07) is 12.9. The standard InChI is InChI=1S/C17H19ClFN/c1-3-20-17(15-6-4-5-7-16(15)18)11-13-8-9-14(19)10-12(13)2/h4-10,17,20H,3,11H2,1-2H3. The summed E-state index contributed by atoms with van der Waals surface area (Å²) < 4.78 is 13.2. The zero-order chi connectivity index (χ0) is 14.5. The quantitative estimate of drug-likeness (QED) is 0.843. The molecule has 0 fully saturated rings. The smallest absolute Gasteiger partial charge is 0.123 e. The van der Waals surface area contributed by atoms with Crippen LogP contribution in [0.25, 0.3) is 0 Å². The van der Waals surface area contributed by atoms with Crippen LogP contribution in [-0.4, -0.2) is 6.54 Å². The highest BCUT2D eigenvalue weighted by Gasteiger charge is 2.15. The third-order valence-electron chi connectivity index (χ3n) is 3.46. The van der Waals surface area contributed by atoms with Crippen LogP contribution in [0.2, 0.25) is 5.02 Å². The number of halogens is 2. The fourth-order valence-corrected chi connectivity index (χ4v) is 2.67. The molecule has 0 aromatic heterocycles. The van der Waals surface area contributed by atoms with Crippen molar-refractivity contribution in [3.05, 3.63) is 70.0 Å². The summed E-state index contributed by atoms with van der Waals surface area (Å²) in [6.07, 6.45) is 0.795. The van der Waals surface area contributed by atoms with E-state index in [1.54, 1.807) is 6.07 Å². The third-order valence-corrected chi connectivity index (χ3v) is 3.80. The Balaban J connectivity index is 2.28. The zero-order valence-electron chi connectivity index (χ0n) is 11.8. The largest absolute Gasteiger partial charge is 0.310 e. The lowest BCUT2D eigenvalue weighted by Gasteiger charge is -2.20. The Morgan fingerprint density at radius 1 is 1.20 bits per heavy atom. The predicted molar refractivity (Wildman–Crippen MR) is 82.7 cm³/mol. The van der Waals surface area contributed by atoms with Gasteiger partial charge in [-0.05, 0) is 54.8 Å². The zero-order valence-corrected chi connectivity index (χ0v) is 12.5. The van der Waals surface area contributed by atoms with Crippen molar-refractivity contribution in [1.29, 1.82) is 0 Å². The van der Waals surface area contributed by atoms with Gasteiger partial charge in [0, 0.05) is 11.1 Å². The van der Waals surface area contributed by atoms with Gasteiger partial charge < -0.3 is 5.32 Å². The van der Waals surface area contributed by atoms with Crippen LogP contribution in [0.15, 0.2) is 42.5 Å². The molecule has 1 unspecified atom stereocenters. The Morgan fingerprint density at radius 3 is 2.60 bits per heavy atom. The number of aryl methyl sites for hydroxylation is 1. The lowest BCUT2D eigenvalue weighted by molar-refractivity contribution is 0.547. The molecular weight excluding hydrogens is 273 g/mol. The van der Waals surface area contributed by atoms with Gasteiger partial charge in [0.05, 0.1) is 0 Å². The third kappa shape index (κ3) is 3.59. The molecule has 0 bridgehead atoms. The van der Waals surface area contributed by atoms with Crippen LogP contribution < -0.4 is 5.32 Å². The number of hydrogen-bond acceptors (Lipinski definition) is 1. The van der Waals surface area contributed by atoms with Crippen LogP contribution in [0.4, 0.5) is 4.39 Å². The maximum absolute atomic E-state index is 13.2. The summed E-state index contributed by atoms with van der Waals surface area (Å²) in [7, 11) is 0. The Kier molecular flexibility index (Phi) is 5.16. The van der Waals surface area contributed by atoms with E-state index in [0.29, 0.717) is 0 Å². The molecule has 0 radical (unpaired) electrons. The van der Waals surface area contributed by atoms with E-state index in [2.05, 4.69) is 12.2 Å². The van der Waals surface area contributed by atoms with Gasteiger partial charge in [-0.2, -0.15) is 0 Å². The maximum atomic E-state index is 13.2. The first-order valence-corrected chi connectivity index (χ1v) is 7.22. The van der Waals surface area contributed by atoms with E-state index in [9.17, 15) is 4.39 Å². The first-order chi connectivity index (χ1) is 9.61. The second-order valence-electron chi connectivity index (χ2n) is 4.91. The fraction of sp³-hybridized carbons (Fsp3) is 0.294. The van der Waals surface area contributed by atoms with Gasteiger partial charge in [-0.1, -0.05) is 42.8 Å². The molecule has 0 aliphatic rings. The van der Waals surface area contributed by atoms with Gasteiger partial charge in [-0.15, -0.1) is 0 Å². The van der Waals surface area contributed by atoms with Crippen molar-refractivity contribution in [2.45, 2.75) is 26.3 Å². The van der Waals surface area contributed by atoms with Crippen molar-refractivity contribution in [2.24, 2.45) is 0 Å². The van der Waals surface area contributed by atoms with E-state index in [0.717, 1.165) is 34.7 Å². The Labute approximate surface area is 124 Å². The SMILES string of the molecule is CCNC(Cc1ccc(F)cc1C)c1ccccc1Cl. The number of benzene rings is 2. The molecule has 1 N–H and O–H groups in total. The van der Waals surface area contributed by atoms with Gasteiger partial charge in [-0.25, -0.2) is 4.39 Å². The number of hydrogen-bond donors (Lipinski definition) is 1. The van der Waals surface area contributed by atoms with Crippen molar-refractivity contribution < 1.29 is 4.39 Å². The van der Waals surface area contributed by atoms with Crippen LogP contribution in [0.5, 0.6) is 0 Å². The van der Waals surface area contributed by atoms with Crippen molar-refractivity contribution in [3.8, 4) is 0 Å². The molecule has 2 aromatic carbocycles. The van der Waals surface area contributed by atoms with Gasteiger partial charge in [-0.3, -0.25) is 0 Å². The molecule has 2 rings (SSSR count). The van der Waals surface area contributed by atoms with E-state index in [1.807, 2.05) is 37.3 Å². The normalized spacial score (nSPS) is 12.4. The predicted octanol–water partition coefficient (Wildman–Crippen LogP) is 4.68. The molecule has 0 heterocycles. The molecule has 0 amide bonds. The van der Waals surface area contributed by atoms with E-state index in [-0.39, 0.29) is 11.9 Å². The lowest BCUT2D eigenvalue weighted by atomic mass is 9.96. The molecule has 0 saturated carbocycles. The summed E-state index contributed by atoms with van der Waals surface area (Å²) in [6.45, 7) is 4.87. The Hall–Kier alpha value is -1.38. The number of likely N-dealkylation sites (N-methyl/N-ethyl adjacent to an activating group) is 1. The molecule has 3 heteroatoms. The summed E-state index contributed by atoms with van der Waals surface area (Å²) in [5.41, 5.74) is 3.19. The second-order valence-corrected chi connectivity index (χ2v) is 5.31. The molecule has 1 nitrogen and oxygen atoms in total. The maximum Gasteiger partial charge on any atom is 0.123 e. The van der Waals surface area contributed by atoms with E-state index in [4.69, 9.17) is 11.6 Å². The summed E-state index contributed by atoms with van der Waals surface area (Å²) >= 11 is 6.29. The molecule has 0 spiro atoms. The minimum Gasteiger partial charge on any atom is -0.310 e. The molecule has 20 heavy (non-hydrogen) atoms. The average molecular weight is 292 g/mol. The molecule has 1 atom stereocenters. The van der Waals surface area contributed by atoms with Gasteiger partial charge in [0.2, 0.25) is 0 Å². The van der Waals surface area contributed by atoms with Gasteiger partial charge in [0.1, 0.15) is 5.82 Å². The first-order valence-electron chi connectivity index (χ1n) is 6.84. The van der Waals surface area contributed by atoms with Crippen LogP contribution in [0, 0.1) is 12.7 Å².